The molecule has 0 unspecified atom stereocenters. The standard InChI is InChI=1S/C19H18N2O7.C15H12O5.C4H8N2O3/c20-17(24)8-14(19(26)27)21-18(25)12-6-4-11(5-7-12)10-28-16-3-1-2-15(23)13(16)9-22;16-8-12-13(17)2-1-3-14(12)20-9-10-4-6-11(7-5-10)15(18)19;5-2(4(8)9)1-3(6)7/h1-7,9,14,23H,8,10H2,(H2,20,24)(H,21,25)(H,26,27);1-8,17H,9H2,(H,18,19);2H,1,5H2,(H2,6,7)(H,8,9)/t14-;;2-/m0.0/s1. The summed E-state index contributed by atoms with van der Waals surface area (Å²) in [5, 5.41) is 47.3. The predicted octanol–water partition coefficient (Wildman–Crippen LogP) is 1.60. The van der Waals surface area contributed by atoms with Crippen LogP contribution in [0.4, 0.5) is 0 Å². The molecule has 4 rings (SSSR count). The monoisotopic (exact) mass is 790 g/mol. The topological polar surface area (TPSA) is 346 Å². The molecule has 0 aliphatic rings. The van der Waals surface area contributed by atoms with Crippen LogP contribution in [0.1, 0.15) is 65.4 Å². The first-order valence-electron chi connectivity index (χ1n) is 16.3. The van der Waals surface area contributed by atoms with Crippen LogP contribution in [0.15, 0.2) is 84.9 Å². The quantitative estimate of drug-likeness (QED) is 0.0686. The maximum Gasteiger partial charge on any atom is 0.335 e. The van der Waals surface area contributed by atoms with Gasteiger partial charge in [0.2, 0.25) is 11.8 Å². The van der Waals surface area contributed by atoms with Crippen LogP contribution in [-0.4, -0.2) is 85.8 Å². The minimum atomic E-state index is -1.42. The summed E-state index contributed by atoms with van der Waals surface area (Å²) in [5.41, 5.74) is 16.5. The van der Waals surface area contributed by atoms with Gasteiger partial charge >= 0.3 is 17.9 Å². The van der Waals surface area contributed by atoms with Crippen LogP contribution >= 0.6 is 0 Å². The van der Waals surface area contributed by atoms with Gasteiger partial charge in [-0.25, -0.2) is 9.59 Å². The Hall–Kier alpha value is -7.80. The highest BCUT2D eigenvalue weighted by Crippen LogP contribution is 2.27. The van der Waals surface area contributed by atoms with E-state index in [2.05, 4.69) is 11.1 Å². The van der Waals surface area contributed by atoms with E-state index >= 15 is 0 Å². The molecule has 19 heteroatoms. The van der Waals surface area contributed by atoms with E-state index in [1.165, 1.54) is 48.5 Å². The van der Waals surface area contributed by atoms with Gasteiger partial charge in [-0.05, 0) is 59.7 Å². The number of carbonyl (C=O) groups is 8. The summed E-state index contributed by atoms with van der Waals surface area (Å²) in [6.07, 6.45) is 0.187. The number of hydrogen-bond donors (Lipinski definition) is 9. The van der Waals surface area contributed by atoms with E-state index in [4.69, 9.17) is 36.3 Å². The van der Waals surface area contributed by atoms with Crippen molar-refractivity contribution < 1.29 is 73.4 Å². The summed E-state index contributed by atoms with van der Waals surface area (Å²) in [4.78, 5) is 86.6. The highest BCUT2D eigenvalue weighted by Gasteiger charge is 2.23. The third kappa shape index (κ3) is 15.2. The van der Waals surface area contributed by atoms with Crippen LogP contribution in [0.5, 0.6) is 23.0 Å². The highest BCUT2D eigenvalue weighted by molar-refractivity contribution is 5.97. The fraction of sp³-hybridized carbons (Fsp3) is 0.158. The van der Waals surface area contributed by atoms with E-state index in [1.54, 1.807) is 36.4 Å². The molecule has 0 heterocycles. The van der Waals surface area contributed by atoms with E-state index in [0.717, 1.165) is 5.56 Å². The molecule has 0 aromatic heterocycles. The number of carboxylic acids is 3. The highest BCUT2D eigenvalue weighted by atomic mass is 16.5. The summed E-state index contributed by atoms with van der Waals surface area (Å²) in [5.74, 6) is -5.63. The Labute approximate surface area is 323 Å². The molecule has 0 radical (unpaired) electrons. The Balaban J connectivity index is 0.000000335. The predicted molar refractivity (Wildman–Crippen MR) is 198 cm³/mol. The molecule has 0 fully saturated rings. The van der Waals surface area contributed by atoms with Gasteiger partial charge in [-0.3, -0.25) is 28.8 Å². The molecule has 0 spiro atoms. The Morgan fingerprint density at radius 2 is 1.04 bits per heavy atom. The second kappa shape index (κ2) is 22.4. The van der Waals surface area contributed by atoms with Crippen molar-refractivity contribution in [1.82, 2.24) is 5.32 Å². The number of aldehydes is 2. The zero-order valence-corrected chi connectivity index (χ0v) is 29.8. The summed E-state index contributed by atoms with van der Waals surface area (Å²) >= 11 is 0. The molecule has 0 saturated carbocycles. The molecule has 0 saturated heterocycles. The Morgan fingerprint density at radius 1 is 0.614 bits per heavy atom. The summed E-state index contributed by atoms with van der Waals surface area (Å²) in [7, 11) is 0. The van der Waals surface area contributed by atoms with Gasteiger partial charge in [-0.2, -0.15) is 0 Å². The molecule has 19 nitrogen and oxygen atoms in total. The van der Waals surface area contributed by atoms with Gasteiger partial charge in [0.15, 0.2) is 12.6 Å². The Bertz CT molecular complexity index is 2070. The number of aromatic hydroxyl groups is 2. The molecular weight excluding hydrogens is 752 g/mol. The Morgan fingerprint density at radius 3 is 1.37 bits per heavy atom. The normalized spacial score (nSPS) is 11.0. The largest absolute Gasteiger partial charge is 0.507 e. The number of benzene rings is 4. The smallest absolute Gasteiger partial charge is 0.335 e. The van der Waals surface area contributed by atoms with Crippen molar-refractivity contribution in [3.05, 3.63) is 118 Å². The van der Waals surface area contributed by atoms with Gasteiger partial charge in [0.1, 0.15) is 48.3 Å². The Kier molecular flexibility index (Phi) is 17.8. The fourth-order valence-electron chi connectivity index (χ4n) is 4.32. The first kappa shape index (κ1) is 45.4. The van der Waals surface area contributed by atoms with Crippen molar-refractivity contribution in [2.24, 2.45) is 17.2 Å². The SMILES string of the molecule is NC(=O)C[C@H](N)C(=O)O.NC(=O)C[C@H](NC(=O)c1ccc(COc2cccc(O)c2C=O)cc1)C(=O)O.O=Cc1c(O)cccc1OCc1ccc(C(=O)O)cc1. The van der Waals surface area contributed by atoms with Crippen molar-refractivity contribution in [3.8, 4) is 23.0 Å². The lowest BCUT2D eigenvalue weighted by Gasteiger charge is -2.13. The number of hydrogen-bond acceptors (Lipinski definition) is 13. The van der Waals surface area contributed by atoms with Gasteiger partial charge in [0.05, 0.1) is 29.5 Å². The number of aromatic carboxylic acids is 1. The van der Waals surface area contributed by atoms with Crippen LogP contribution < -0.4 is 32.0 Å². The van der Waals surface area contributed by atoms with Crippen molar-refractivity contribution in [1.29, 1.82) is 0 Å². The molecule has 57 heavy (non-hydrogen) atoms. The lowest BCUT2D eigenvalue weighted by atomic mass is 10.1. The molecule has 0 aliphatic carbocycles. The maximum atomic E-state index is 12.1. The third-order valence-corrected chi connectivity index (χ3v) is 7.27. The number of phenolic OH excluding ortho intramolecular Hbond substituents is 2. The number of ether oxygens (including phenoxy) is 2. The van der Waals surface area contributed by atoms with Crippen molar-refractivity contribution in [2.45, 2.75) is 38.1 Å². The number of aliphatic carboxylic acids is 2. The first-order valence-corrected chi connectivity index (χ1v) is 16.3. The molecule has 4 aromatic carbocycles. The van der Waals surface area contributed by atoms with E-state index in [-0.39, 0.29) is 64.9 Å². The lowest BCUT2D eigenvalue weighted by Crippen LogP contribution is -2.43. The summed E-state index contributed by atoms with van der Waals surface area (Å²) in [6, 6.07) is 18.7. The number of rotatable bonds is 17. The maximum absolute atomic E-state index is 12.1. The molecule has 0 aliphatic heterocycles. The molecule has 0 bridgehead atoms. The van der Waals surface area contributed by atoms with Crippen LogP contribution in [0.3, 0.4) is 0 Å². The van der Waals surface area contributed by atoms with E-state index in [1.807, 2.05) is 0 Å². The lowest BCUT2D eigenvalue weighted by molar-refractivity contribution is -0.141. The number of phenols is 2. The van der Waals surface area contributed by atoms with Gasteiger partial charge in [-0.1, -0.05) is 36.4 Å². The van der Waals surface area contributed by atoms with Gasteiger partial charge < -0.3 is 57.5 Å². The molecule has 300 valence electrons. The fourth-order valence-corrected chi connectivity index (χ4v) is 4.32. The van der Waals surface area contributed by atoms with Crippen molar-refractivity contribution in [3.63, 3.8) is 0 Å². The van der Waals surface area contributed by atoms with Gasteiger partial charge in [0, 0.05) is 5.56 Å². The van der Waals surface area contributed by atoms with Crippen LogP contribution in [-0.2, 0) is 32.4 Å². The molecule has 3 amide bonds. The molecular formula is C38H38N4O15. The zero-order chi connectivity index (χ0) is 42.7. The van der Waals surface area contributed by atoms with Gasteiger partial charge in [0.25, 0.3) is 5.91 Å². The zero-order valence-electron chi connectivity index (χ0n) is 29.8. The van der Waals surface area contributed by atoms with Crippen LogP contribution in [0.2, 0.25) is 0 Å². The van der Waals surface area contributed by atoms with Crippen molar-refractivity contribution >= 4 is 48.2 Å². The van der Waals surface area contributed by atoms with Gasteiger partial charge in [-0.15, -0.1) is 0 Å². The number of carbonyl (C=O) groups excluding carboxylic acids is 5. The number of primary amides is 2. The second-order valence-electron chi connectivity index (χ2n) is 11.5. The second-order valence-corrected chi connectivity index (χ2v) is 11.5. The van der Waals surface area contributed by atoms with Crippen molar-refractivity contribution in [2.75, 3.05) is 0 Å². The molecule has 12 N–H and O–H groups in total. The number of nitrogens with one attached hydrogen (secondary N) is 1. The average Bonchev–Trinajstić information content (AvgIpc) is 3.16. The van der Waals surface area contributed by atoms with E-state index in [9.17, 15) is 48.6 Å². The van der Waals surface area contributed by atoms with E-state index in [0.29, 0.717) is 18.1 Å². The first-order chi connectivity index (χ1) is 27.0. The molecule has 4 aromatic rings. The van der Waals surface area contributed by atoms with Crippen LogP contribution in [0, 0.1) is 0 Å². The number of amides is 3. The molecule has 2 atom stereocenters. The summed E-state index contributed by atoms with van der Waals surface area (Å²) < 4.78 is 11.0. The summed E-state index contributed by atoms with van der Waals surface area (Å²) in [6.45, 7) is 0.246. The minimum Gasteiger partial charge on any atom is -0.507 e. The van der Waals surface area contributed by atoms with E-state index < -0.39 is 54.1 Å². The average molecular weight is 791 g/mol. The van der Waals surface area contributed by atoms with Crippen LogP contribution in [0.25, 0.3) is 0 Å². The number of carboxylic acid groups (broad SMARTS) is 3. The minimum absolute atomic E-state index is 0.0349. The third-order valence-electron chi connectivity index (χ3n) is 7.27. The number of nitrogens with two attached hydrogens (primary N) is 3.